The summed E-state index contributed by atoms with van der Waals surface area (Å²) in [4.78, 5) is 11.3. The van der Waals surface area contributed by atoms with Crippen molar-refractivity contribution in [2.75, 3.05) is 32.1 Å². The molecule has 7 N–H and O–H groups in total. The second kappa shape index (κ2) is 11.0. The van der Waals surface area contributed by atoms with Crippen LogP contribution in [0.2, 0.25) is 5.02 Å². The molecule has 1 unspecified atom stereocenters. The molecule has 0 aliphatic rings. The van der Waals surface area contributed by atoms with Gasteiger partial charge in [-0.15, -0.1) is 0 Å². The quantitative estimate of drug-likeness (QED) is 0.128. The van der Waals surface area contributed by atoms with Crippen LogP contribution in [0.15, 0.2) is 48.5 Å². The number of nitrogens with one attached hydrogen (secondary N) is 2. The van der Waals surface area contributed by atoms with E-state index in [1.54, 1.807) is 13.2 Å². The predicted octanol–water partition coefficient (Wildman–Crippen LogP) is 3.92. The molecule has 0 saturated heterocycles. The fourth-order valence-electron chi connectivity index (χ4n) is 3.50. The molecule has 3 rings (SSSR count). The van der Waals surface area contributed by atoms with E-state index in [0.717, 1.165) is 5.56 Å². The summed E-state index contributed by atoms with van der Waals surface area (Å²) in [5.74, 6) is -4.08. The molecule has 0 bridgehead atoms. The standard InChI is InChI=1S/C24H25ClN2O7/c1-34-17(13-4-3-7-16(25)11-13)12-26-8-9-27-19-20(28)18(21(29)23(31)22(19)30)14-5-2-6-15(10-14)24(32)33/h2-7,10-11,17,26-31H,8-9,12H2,1H3,(H,32,33). The van der Waals surface area contributed by atoms with Gasteiger partial charge in [0.25, 0.3) is 0 Å². The minimum absolute atomic E-state index is 0.0741. The Morgan fingerprint density at radius 2 is 1.71 bits per heavy atom. The lowest BCUT2D eigenvalue weighted by Gasteiger charge is -2.19. The van der Waals surface area contributed by atoms with Crippen LogP contribution in [-0.4, -0.2) is 58.2 Å². The number of carboxylic acid groups (broad SMARTS) is 1. The summed E-state index contributed by atoms with van der Waals surface area (Å²) in [6, 6.07) is 12.8. The molecule has 3 aromatic rings. The van der Waals surface area contributed by atoms with Crippen LogP contribution in [0.4, 0.5) is 5.69 Å². The van der Waals surface area contributed by atoms with Crippen molar-refractivity contribution in [3.05, 3.63) is 64.7 Å². The lowest BCUT2D eigenvalue weighted by molar-refractivity contribution is 0.0697. The summed E-state index contributed by atoms with van der Waals surface area (Å²) in [5.41, 5.74) is 0.563. The number of methoxy groups -OCH3 is 1. The molecule has 0 heterocycles. The zero-order chi connectivity index (χ0) is 24.8. The van der Waals surface area contributed by atoms with E-state index < -0.39 is 29.0 Å². The number of rotatable bonds is 10. The van der Waals surface area contributed by atoms with Crippen LogP contribution in [0.25, 0.3) is 11.1 Å². The van der Waals surface area contributed by atoms with E-state index in [2.05, 4.69) is 10.6 Å². The second-order valence-corrected chi connectivity index (χ2v) is 7.88. The topological polar surface area (TPSA) is 152 Å². The Labute approximate surface area is 200 Å². The highest BCUT2D eigenvalue weighted by Gasteiger charge is 2.25. The Balaban J connectivity index is 1.73. The molecule has 9 nitrogen and oxygen atoms in total. The van der Waals surface area contributed by atoms with Gasteiger partial charge in [-0.3, -0.25) is 0 Å². The SMILES string of the molecule is COC(CNCCNc1c(O)c(O)c(O)c(-c2cccc(C(=O)O)c2)c1O)c1cccc(Cl)c1. The Morgan fingerprint density at radius 1 is 0.971 bits per heavy atom. The summed E-state index contributed by atoms with van der Waals surface area (Å²) in [5, 5.41) is 57.3. The van der Waals surface area contributed by atoms with Gasteiger partial charge in [-0.1, -0.05) is 35.9 Å². The summed E-state index contributed by atoms with van der Waals surface area (Å²) >= 11 is 6.03. The van der Waals surface area contributed by atoms with Gasteiger partial charge in [0.05, 0.1) is 17.2 Å². The Morgan fingerprint density at radius 3 is 2.38 bits per heavy atom. The van der Waals surface area contributed by atoms with Crippen molar-refractivity contribution in [2.45, 2.75) is 6.10 Å². The molecule has 0 spiro atoms. The number of aromatic carboxylic acids is 1. The first-order valence-corrected chi connectivity index (χ1v) is 10.7. The van der Waals surface area contributed by atoms with E-state index >= 15 is 0 Å². The number of halogens is 1. The molecular weight excluding hydrogens is 464 g/mol. The predicted molar refractivity (Wildman–Crippen MR) is 128 cm³/mol. The molecule has 0 radical (unpaired) electrons. The smallest absolute Gasteiger partial charge is 0.335 e. The molecule has 0 aromatic heterocycles. The zero-order valence-corrected chi connectivity index (χ0v) is 19.0. The van der Waals surface area contributed by atoms with Crippen molar-refractivity contribution in [1.29, 1.82) is 0 Å². The highest BCUT2D eigenvalue weighted by atomic mass is 35.5. The third kappa shape index (κ3) is 5.45. The minimum Gasteiger partial charge on any atom is -0.505 e. The van der Waals surface area contributed by atoms with Crippen molar-refractivity contribution < 1.29 is 35.1 Å². The number of benzene rings is 3. The Kier molecular flexibility index (Phi) is 8.06. The van der Waals surface area contributed by atoms with Gasteiger partial charge in [0.15, 0.2) is 17.2 Å². The number of carbonyl (C=O) groups is 1. The number of hydrogen-bond donors (Lipinski definition) is 7. The normalized spacial score (nSPS) is 11.8. The average molecular weight is 489 g/mol. The first kappa shape index (κ1) is 25.0. The van der Waals surface area contributed by atoms with E-state index in [-0.39, 0.29) is 35.0 Å². The number of phenolic OH excluding ortho intramolecular Hbond substituents is 4. The Bertz CT molecular complexity index is 1190. The van der Waals surface area contributed by atoms with Crippen molar-refractivity contribution in [3.8, 4) is 34.1 Å². The van der Waals surface area contributed by atoms with E-state index in [1.807, 2.05) is 18.2 Å². The molecular formula is C24H25ClN2O7. The third-order valence-electron chi connectivity index (χ3n) is 5.23. The highest BCUT2D eigenvalue weighted by molar-refractivity contribution is 6.30. The maximum atomic E-state index is 11.3. The fourth-order valence-corrected chi connectivity index (χ4v) is 3.70. The summed E-state index contributed by atoms with van der Waals surface area (Å²) in [6.45, 7) is 1.08. The van der Waals surface area contributed by atoms with Crippen LogP contribution < -0.4 is 10.6 Å². The number of ether oxygens (including phenoxy) is 1. The van der Waals surface area contributed by atoms with Gasteiger partial charge in [-0.2, -0.15) is 0 Å². The van der Waals surface area contributed by atoms with Gasteiger partial charge < -0.3 is 40.9 Å². The van der Waals surface area contributed by atoms with Gasteiger partial charge in [0.2, 0.25) is 5.75 Å². The second-order valence-electron chi connectivity index (χ2n) is 7.44. The van der Waals surface area contributed by atoms with Crippen LogP contribution in [-0.2, 0) is 4.74 Å². The van der Waals surface area contributed by atoms with E-state index in [9.17, 15) is 30.3 Å². The molecule has 0 aliphatic carbocycles. The van der Waals surface area contributed by atoms with Gasteiger partial charge in [-0.05, 0) is 35.4 Å². The van der Waals surface area contributed by atoms with Crippen molar-refractivity contribution in [3.63, 3.8) is 0 Å². The third-order valence-corrected chi connectivity index (χ3v) is 5.47. The molecule has 0 fully saturated rings. The maximum Gasteiger partial charge on any atom is 0.335 e. The van der Waals surface area contributed by atoms with Crippen molar-refractivity contribution in [2.24, 2.45) is 0 Å². The molecule has 0 saturated carbocycles. The number of phenols is 4. The molecule has 10 heteroatoms. The van der Waals surface area contributed by atoms with Gasteiger partial charge in [0.1, 0.15) is 5.69 Å². The molecule has 34 heavy (non-hydrogen) atoms. The summed E-state index contributed by atoms with van der Waals surface area (Å²) in [6.07, 6.45) is -0.244. The van der Waals surface area contributed by atoms with E-state index in [4.69, 9.17) is 16.3 Å². The monoisotopic (exact) mass is 488 g/mol. The first-order valence-electron chi connectivity index (χ1n) is 10.3. The van der Waals surface area contributed by atoms with Crippen LogP contribution in [0, 0.1) is 0 Å². The van der Waals surface area contributed by atoms with E-state index in [0.29, 0.717) is 18.1 Å². The van der Waals surface area contributed by atoms with Crippen LogP contribution in [0.1, 0.15) is 22.0 Å². The fraction of sp³-hybridized carbons (Fsp3) is 0.208. The zero-order valence-electron chi connectivity index (χ0n) is 18.2. The van der Waals surface area contributed by atoms with Crippen LogP contribution in [0.3, 0.4) is 0 Å². The average Bonchev–Trinajstić information content (AvgIpc) is 2.82. The molecule has 3 aromatic carbocycles. The number of carboxylic acids is 1. The van der Waals surface area contributed by atoms with Crippen LogP contribution in [0.5, 0.6) is 23.0 Å². The summed E-state index contributed by atoms with van der Waals surface area (Å²) < 4.78 is 5.49. The molecule has 0 amide bonds. The van der Waals surface area contributed by atoms with Gasteiger partial charge >= 0.3 is 5.97 Å². The lowest BCUT2D eigenvalue weighted by Crippen LogP contribution is -2.27. The van der Waals surface area contributed by atoms with Crippen molar-refractivity contribution >= 4 is 23.3 Å². The van der Waals surface area contributed by atoms with Gasteiger partial charge in [-0.25, -0.2) is 4.79 Å². The number of anilines is 1. The largest absolute Gasteiger partial charge is 0.505 e. The molecule has 1 atom stereocenters. The summed E-state index contributed by atoms with van der Waals surface area (Å²) in [7, 11) is 1.58. The molecule has 180 valence electrons. The van der Waals surface area contributed by atoms with Gasteiger partial charge in [0, 0.05) is 31.8 Å². The number of aromatic hydroxyl groups is 4. The first-order chi connectivity index (χ1) is 16.2. The van der Waals surface area contributed by atoms with E-state index in [1.165, 1.54) is 24.3 Å². The lowest BCUT2D eigenvalue weighted by atomic mass is 9.99. The molecule has 0 aliphatic heterocycles. The number of hydrogen-bond acceptors (Lipinski definition) is 8. The van der Waals surface area contributed by atoms with Crippen molar-refractivity contribution in [1.82, 2.24) is 5.32 Å². The Hall–Kier alpha value is -3.66. The highest BCUT2D eigenvalue weighted by Crippen LogP contribution is 2.54. The minimum atomic E-state index is -1.19. The van der Waals surface area contributed by atoms with Crippen LogP contribution >= 0.6 is 11.6 Å². The maximum absolute atomic E-state index is 11.3.